The lowest BCUT2D eigenvalue weighted by Gasteiger charge is -2.09. The Morgan fingerprint density at radius 1 is 1.18 bits per heavy atom. The third kappa shape index (κ3) is 10.7. The number of hydrogen-bond acceptors (Lipinski definition) is 4. The van der Waals surface area contributed by atoms with E-state index in [-0.39, 0.29) is 6.02 Å². The predicted octanol–water partition coefficient (Wildman–Crippen LogP) is 3.56. The van der Waals surface area contributed by atoms with E-state index in [1.807, 2.05) is 58.9 Å². The summed E-state index contributed by atoms with van der Waals surface area (Å²) in [6.07, 6.45) is 1.25. The number of nitrogens with one attached hydrogen (secondary N) is 1. The summed E-state index contributed by atoms with van der Waals surface area (Å²) >= 11 is 0. The van der Waals surface area contributed by atoms with Crippen molar-refractivity contribution in [2.24, 2.45) is 4.99 Å². The van der Waals surface area contributed by atoms with Crippen LogP contribution in [0.2, 0.25) is 0 Å². The highest BCUT2D eigenvalue weighted by Gasteiger charge is 1.99. The fraction of sp³-hybridized carbons (Fsp3) is 0.529. The van der Waals surface area contributed by atoms with Gasteiger partial charge >= 0.3 is 0 Å². The van der Waals surface area contributed by atoms with Gasteiger partial charge in [0, 0.05) is 13.5 Å². The third-order valence-electron chi connectivity index (χ3n) is 2.26. The van der Waals surface area contributed by atoms with Gasteiger partial charge in [-0.2, -0.15) is 0 Å². The molecule has 5 nitrogen and oxygen atoms in total. The minimum absolute atomic E-state index is 0.223. The lowest BCUT2D eigenvalue weighted by molar-refractivity contribution is -0.108. The smallest absolute Gasteiger partial charge is 0.290 e. The first-order chi connectivity index (χ1) is 10.8. The Morgan fingerprint density at radius 3 is 2.36 bits per heavy atom. The summed E-state index contributed by atoms with van der Waals surface area (Å²) in [6, 6.07) is 8.07. The van der Waals surface area contributed by atoms with Gasteiger partial charge in [-0.15, -0.1) is 0 Å². The second kappa shape index (κ2) is 17.0. The van der Waals surface area contributed by atoms with E-state index in [2.05, 4.69) is 10.3 Å². The van der Waals surface area contributed by atoms with Crippen molar-refractivity contribution in [3.05, 3.63) is 29.8 Å². The fourth-order valence-electron chi connectivity index (χ4n) is 1.35. The average Bonchev–Trinajstić information content (AvgIpc) is 2.58. The van der Waals surface area contributed by atoms with Gasteiger partial charge in [0.15, 0.2) is 0 Å². The number of ether oxygens (including phenoxy) is 2. The van der Waals surface area contributed by atoms with E-state index in [9.17, 15) is 4.79 Å². The number of nitrogens with zero attached hydrogens (tertiary/aromatic N) is 1. The average molecular weight is 310 g/mol. The van der Waals surface area contributed by atoms with E-state index in [4.69, 9.17) is 9.47 Å². The Morgan fingerprint density at radius 2 is 1.82 bits per heavy atom. The number of para-hydroxylation sites is 1. The first kappa shape index (κ1) is 22.2. The van der Waals surface area contributed by atoms with Crippen LogP contribution in [0, 0.1) is 6.92 Å². The van der Waals surface area contributed by atoms with Gasteiger partial charge in [0.25, 0.3) is 6.02 Å². The normalized spacial score (nSPS) is 9.45. The van der Waals surface area contributed by atoms with Crippen molar-refractivity contribution >= 4 is 12.4 Å². The van der Waals surface area contributed by atoms with Crippen molar-refractivity contribution in [2.45, 2.75) is 41.0 Å². The van der Waals surface area contributed by atoms with E-state index >= 15 is 0 Å². The highest BCUT2D eigenvalue weighted by Crippen LogP contribution is 2.15. The number of carbonyl (C=O) groups is 1. The molecule has 22 heavy (non-hydrogen) atoms. The molecule has 0 unspecified atom stereocenters. The first-order valence-corrected chi connectivity index (χ1v) is 7.76. The summed E-state index contributed by atoms with van der Waals surface area (Å²) < 4.78 is 10.8. The van der Waals surface area contributed by atoms with E-state index in [1.165, 1.54) is 0 Å². The van der Waals surface area contributed by atoms with E-state index in [0.29, 0.717) is 26.0 Å². The van der Waals surface area contributed by atoms with Crippen LogP contribution < -0.4 is 10.1 Å². The number of aryl methyl sites for hydroxylation is 1. The van der Waals surface area contributed by atoms with Crippen molar-refractivity contribution in [1.29, 1.82) is 0 Å². The Hall–Kier alpha value is -2.04. The molecule has 126 valence electrons. The Labute approximate surface area is 134 Å². The van der Waals surface area contributed by atoms with Crippen molar-refractivity contribution in [3.63, 3.8) is 0 Å². The van der Waals surface area contributed by atoms with Crippen LogP contribution in [0.25, 0.3) is 0 Å². The van der Waals surface area contributed by atoms with Gasteiger partial charge in [-0.05, 0) is 18.6 Å². The molecule has 0 heterocycles. The first-order valence-electron chi connectivity index (χ1n) is 7.76. The molecule has 1 amide bonds. The quantitative estimate of drug-likeness (QED) is 0.378. The molecule has 0 saturated heterocycles. The van der Waals surface area contributed by atoms with Crippen LogP contribution in [0.4, 0.5) is 0 Å². The van der Waals surface area contributed by atoms with Crippen molar-refractivity contribution in [3.8, 4) is 5.75 Å². The molecule has 0 radical (unpaired) electrons. The largest absolute Gasteiger partial charge is 0.493 e. The molecule has 0 aliphatic carbocycles. The maximum atomic E-state index is 10.2. The minimum atomic E-state index is 0.223. The van der Waals surface area contributed by atoms with Gasteiger partial charge in [0.2, 0.25) is 6.41 Å². The van der Waals surface area contributed by atoms with Gasteiger partial charge in [-0.1, -0.05) is 45.9 Å². The van der Waals surface area contributed by atoms with Crippen LogP contribution in [-0.4, -0.2) is 32.7 Å². The van der Waals surface area contributed by atoms with Gasteiger partial charge < -0.3 is 9.47 Å². The summed E-state index contributed by atoms with van der Waals surface area (Å²) in [4.78, 5) is 13.9. The third-order valence-corrected chi connectivity index (χ3v) is 2.26. The second-order valence-electron chi connectivity index (χ2n) is 3.61. The van der Waals surface area contributed by atoms with Crippen LogP contribution >= 0.6 is 0 Å². The highest BCUT2D eigenvalue weighted by atomic mass is 16.5. The van der Waals surface area contributed by atoms with Crippen molar-refractivity contribution < 1.29 is 14.3 Å². The van der Waals surface area contributed by atoms with Crippen molar-refractivity contribution in [2.75, 3.05) is 20.3 Å². The number of carbonyl (C=O) groups excluding carboxylic acids is 1. The molecule has 5 heteroatoms. The molecule has 1 rings (SSSR count). The molecule has 1 N–H and O–H groups in total. The zero-order chi connectivity index (χ0) is 17.2. The molecule has 1 aromatic rings. The van der Waals surface area contributed by atoms with E-state index in [0.717, 1.165) is 11.3 Å². The van der Waals surface area contributed by atoms with E-state index in [1.54, 1.807) is 7.05 Å². The van der Waals surface area contributed by atoms with E-state index < -0.39 is 0 Å². The molecule has 0 spiro atoms. The van der Waals surface area contributed by atoms with Crippen LogP contribution in [0.1, 0.15) is 39.7 Å². The van der Waals surface area contributed by atoms with Crippen LogP contribution in [0.5, 0.6) is 5.75 Å². The summed E-state index contributed by atoms with van der Waals surface area (Å²) in [6.45, 7) is 11.0. The second-order valence-corrected chi connectivity index (χ2v) is 3.61. The van der Waals surface area contributed by atoms with Gasteiger partial charge in [-0.25, -0.2) is 4.99 Å². The number of rotatable bonds is 6. The number of benzene rings is 1. The zero-order valence-corrected chi connectivity index (χ0v) is 14.7. The highest BCUT2D eigenvalue weighted by molar-refractivity contribution is 5.83. The van der Waals surface area contributed by atoms with Gasteiger partial charge in [-0.3, -0.25) is 10.1 Å². The number of amidine groups is 1. The maximum Gasteiger partial charge on any atom is 0.290 e. The topological polar surface area (TPSA) is 59.9 Å². The SMILES string of the molecule is CC.CC.CN=C(NC=O)OCCCOc1ccccc1C. The Bertz CT molecular complexity index is 407. The Kier molecular flexibility index (Phi) is 17.2. The molecule has 0 bridgehead atoms. The monoisotopic (exact) mass is 310 g/mol. The molecule has 0 atom stereocenters. The molecule has 0 aliphatic heterocycles. The lowest BCUT2D eigenvalue weighted by atomic mass is 10.2. The zero-order valence-electron chi connectivity index (χ0n) is 14.7. The molecule has 0 fully saturated rings. The van der Waals surface area contributed by atoms with Crippen molar-refractivity contribution in [1.82, 2.24) is 5.32 Å². The van der Waals surface area contributed by atoms with Crippen LogP contribution in [-0.2, 0) is 9.53 Å². The number of aliphatic imine (C=N–C) groups is 1. The molecule has 0 aromatic heterocycles. The lowest BCUT2D eigenvalue weighted by Crippen LogP contribution is -2.25. The standard InChI is InChI=1S/C13H18N2O3.2C2H6/c1-11-6-3-4-7-12(11)17-8-5-9-18-13(14-2)15-10-16;2*1-2/h3-4,6-7,10H,5,8-9H2,1-2H3,(H,14,15,16);2*1-2H3. The molecule has 1 aromatic carbocycles. The molecule has 0 aliphatic rings. The fourth-order valence-corrected chi connectivity index (χ4v) is 1.35. The Balaban J connectivity index is 0. The molecule has 0 saturated carbocycles. The summed E-state index contributed by atoms with van der Waals surface area (Å²) in [7, 11) is 1.55. The summed E-state index contributed by atoms with van der Waals surface area (Å²) in [5.41, 5.74) is 1.11. The minimum Gasteiger partial charge on any atom is -0.493 e. The summed E-state index contributed by atoms with van der Waals surface area (Å²) in [5.74, 6) is 0.882. The maximum absolute atomic E-state index is 10.2. The summed E-state index contributed by atoms with van der Waals surface area (Å²) in [5, 5.41) is 2.36. The molecular formula is C17H30N2O3. The predicted molar refractivity (Wildman–Crippen MR) is 92.5 cm³/mol. The van der Waals surface area contributed by atoms with Crippen LogP contribution in [0.15, 0.2) is 29.3 Å². The van der Waals surface area contributed by atoms with Crippen LogP contribution in [0.3, 0.4) is 0 Å². The molecular weight excluding hydrogens is 280 g/mol. The number of hydrogen-bond donors (Lipinski definition) is 1. The van der Waals surface area contributed by atoms with Gasteiger partial charge in [0.1, 0.15) is 5.75 Å². The van der Waals surface area contributed by atoms with Gasteiger partial charge in [0.05, 0.1) is 13.2 Å². The number of amides is 1.